The second-order valence-electron chi connectivity index (χ2n) is 3.39. The molecule has 0 radical (unpaired) electrons. The summed E-state index contributed by atoms with van der Waals surface area (Å²) in [7, 11) is 0. The van der Waals surface area contributed by atoms with Crippen molar-refractivity contribution in [2.75, 3.05) is 18.4 Å². The number of amides is 2. The molecule has 6 heteroatoms. The molecule has 0 saturated heterocycles. The van der Waals surface area contributed by atoms with E-state index < -0.39 is 0 Å². The predicted molar refractivity (Wildman–Crippen MR) is 75.7 cm³/mol. The van der Waals surface area contributed by atoms with E-state index in [1.807, 2.05) is 0 Å². The number of carbonyl (C=O) groups is 2. The van der Waals surface area contributed by atoms with Gasteiger partial charge in [-0.05, 0) is 18.9 Å². The van der Waals surface area contributed by atoms with Crippen molar-refractivity contribution >= 4 is 40.2 Å². The fourth-order valence-corrected chi connectivity index (χ4v) is 1.36. The molecular formula is C11H20BrClN2O2. The molecule has 0 saturated carbocycles. The number of hydrogen-bond acceptors (Lipinski definition) is 2. The third kappa shape index (κ3) is 13.4. The SMILES string of the molecule is C=CC(=O)NCCCCCCNC(=O)CBr.Cl. The van der Waals surface area contributed by atoms with Crippen LogP contribution < -0.4 is 10.6 Å². The van der Waals surface area contributed by atoms with Gasteiger partial charge in [-0.25, -0.2) is 0 Å². The van der Waals surface area contributed by atoms with Crippen molar-refractivity contribution in [2.24, 2.45) is 0 Å². The molecule has 0 atom stereocenters. The molecule has 0 aliphatic carbocycles. The van der Waals surface area contributed by atoms with Crippen molar-refractivity contribution in [3.63, 3.8) is 0 Å². The Labute approximate surface area is 117 Å². The van der Waals surface area contributed by atoms with Gasteiger partial charge in [-0.3, -0.25) is 9.59 Å². The number of nitrogens with one attached hydrogen (secondary N) is 2. The topological polar surface area (TPSA) is 58.2 Å². The van der Waals surface area contributed by atoms with E-state index in [1.54, 1.807) is 0 Å². The van der Waals surface area contributed by atoms with E-state index in [0.29, 0.717) is 11.9 Å². The fraction of sp³-hybridized carbons (Fsp3) is 0.636. The third-order valence-electron chi connectivity index (χ3n) is 2.03. The van der Waals surface area contributed by atoms with Crippen LogP contribution in [-0.2, 0) is 9.59 Å². The highest BCUT2D eigenvalue weighted by molar-refractivity contribution is 9.09. The average Bonchev–Trinajstić information content (AvgIpc) is 2.31. The number of rotatable bonds is 9. The molecule has 0 aliphatic rings. The molecule has 0 heterocycles. The smallest absolute Gasteiger partial charge is 0.243 e. The van der Waals surface area contributed by atoms with Crippen LogP contribution in [0.2, 0.25) is 0 Å². The zero-order chi connectivity index (χ0) is 12.2. The normalized spacial score (nSPS) is 9.00. The quantitative estimate of drug-likeness (QED) is 0.385. The average molecular weight is 328 g/mol. The maximum atomic E-state index is 10.8. The largest absolute Gasteiger partial charge is 0.355 e. The van der Waals surface area contributed by atoms with Gasteiger partial charge >= 0.3 is 0 Å². The van der Waals surface area contributed by atoms with E-state index in [9.17, 15) is 9.59 Å². The van der Waals surface area contributed by atoms with Gasteiger partial charge in [-0.2, -0.15) is 0 Å². The van der Waals surface area contributed by atoms with Crippen LogP contribution >= 0.6 is 28.3 Å². The summed E-state index contributed by atoms with van der Waals surface area (Å²) in [5, 5.41) is 5.86. The molecule has 4 nitrogen and oxygen atoms in total. The van der Waals surface area contributed by atoms with Crippen molar-refractivity contribution in [1.29, 1.82) is 0 Å². The third-order valence-corrected chi connectivity index (χ3v) is 2.54. The van der Waals surface area contributed by atoms with Gasteiger partial charge in [0.2, 0.25) is 11.8 Å². The Morgan fingerprint density at radius 2 is 1.59 bits per heavy atom. The number of halogens is 2. The lowest BCUT2D eigenvalue weighted by Crippen LogP contribution is -2.25. The molecule has 2 amide bonds. The molecule has 0 aromatic rings. The Morgan fingerprint density at radius 1 is 1.06 bits per heavy atom. The van der Waals surface area contributed by atoms with Crippen molar-refractivity contribution in [3.05, 3.63) is 12.7 Å². The molecule has 0 rings (SSSR count). The van der Waals surface area contributed by atoms with Crippen LogP contribution in [0.25, 0.3) is 0 Å². The summed E-state index contributed by atoms with van der Waals surface area (Å²) in [5.41, 5.74) is 0. The number of hydrogen-bond donors (Lipinski definition) is 2. The van der Waals surface area contributed by atoms with E-state index in [-0.39, 0.29) is 24.2 Å². The summed E-state index contributed by atoms with van der Waals surface area (Å²) >= 11 is 3.08. The van der Waals surface area contributed by atoms with Crippen LogP contribution in [0, 0.1) is 0 Å². The molecule has 0 aromatic carbocycles. The first-order chi connectivity index (χ1) is 7.70. The lowest BCUT2D eigenvalue weighted by molar-refractivity contribution is -0.118. The summed E-state index contributed by atoms with van der Waals surface area (Å²) in [5.74, 6) is -0.0946. The zero-order valence-corrected chi connectivity index (χ0v) is 12.2. The van der Waals surface area contributed by atoms with Crippen LogP contribution in [0.15, 0.2) is 12.7 Å². The molecule has 0 fully saturated rings. The van der Waals surface area contributed by atoms with Crippen LogP contribution in [0.4, 0.5) is 0 Å². The van der Waals surface area contributed by atoms with E-state index in [0.717, 1.165) is 32.2 Å². The molecule has 0 bridgehead atoms. The maximum Gasteiger partial charge on any atom is 0.243 e. The maximum absolute atomic E-state index is 10.8. The van der Waals surface area contributed by atoms with Gasteiger partial charge in [0.15, 0.2) is 0 Å². The van der Waals surface area contributed by atoms with Crippen molar-refractivity contribution in [2.45, 2.75) is 25.7 Å². The summed E-state index contributed by atoms with van der Waals surface area (Å²) < 4.78 is 0. The predicted octanol–water partition coefficient (Wildman–Crippen LogP) is 1.78. The minimum Gasteiger partial charge on any atom is -0.355 e. The summed E-state index contributed by atoms with van der Waals surface area (Å²) in [6, 6.07) is 0. The van der Waals surface area contributed by atoms with Crippen LogP contribution in [0.3, 0.4) is 0 Å². The molecule has 0 aliphatic heterocycles. The molecule has 100 valence electrons. The molecule has 17 heavy (non-hydrogen) atoms. The highest BCUT2D eigenvalue weighted by Gasteiger charge is 1.96. The fourth-order valence-electron chi connectivity index (χ4n) is 1.16. The Bertz CT molecular complexity index is 238. The summed E-state index contributed by atoms with van der Waals surface area (Å²) in [4.78, 5) is 21.6. The van der Waals surface area contributed by atoms with E-state index >= 15 is 0 Å². The van der Waals surface area contributed by atoms with Gasteiger partial charge in [-0.1, -0.05) is 35.4 Å². The summed E-state index contributed by atoms with van der Waals surface area (Å²) in [6.07, 6.45) is 5.34. The summed E-state index contributed by atoms with van der Waals surface area (Å²) in [6.45, 7) is 4.79. The molecule has 2 N–H and O–H groups in total. The van der Waals surface area contributed by atoms with Crippen molar-refractivity contribution in [3.8, 4) is 0 Å². The van der Waals surface area contributed by atoms with Crippen LogP contribution in [0.5, 0.6) is 0 Å². The standard InChI is InChI=1S/C11H19BrN2O2.ClH/c1-2-10(15)13-7-5-3-4-6-8-14-11(16)9-12;/h2H,1,3-9H2,(H,13,15)(H,14,16);1H. The van der Waals surface area contributed by atoms with Crippen molar-refractivity contribution in [1.82, 2.24) is 10.6 Å². The van der Waals surface area contributed by atoms with Gasteiger partial charge in [0.05, 0.1) is 5.33 Å². The number of alkyl halides is 1. The Morgan fingerprint density at radius 3 is 2.06 bits per heavy atom. The lowest BCUT2D eigenvalue weighted by Gasteiger charge is -2.03. The van der Waals surface area contributed by atoms with Gasteiger partial charge in [0, 0.05) is 13.1 Å². The van der Waals surface area contributed by atoms with Gasteiger partial charge in [0.25, 0.3) is 0 Å². The first kappa shape index (κ1) is 18.8. The molecule has 0 spiro atoms. The minimum absolute atomic E-state index is 0. The lowest BCUT2D eigenvalue weighted by atomic mass is 10.2. The molecule has 0 unspecified atom stereocenters. The van der Waals surface area contributed by atoms with Crippen molar-refractivity contribution < 1.29 is 9.59 Å². The Balaban J connectivity index is 0. The van der Waals surface area contributed by atoms with E-state index in [2.05, 4.69) is 33.1 Å². The Hall–Kier alpha value is -0.550. The Kier molecular flexibility index (Phi) is 15.0. The highest BCUT2D eigenvalue weighted by atomic mass is 79.9. The van der Waals surface area contributed by atoms with Gasteiger partial charge < -0.3 is 10.6 Å². The zero-order valence-electron chi connectivity index (χ0n) is 9.84. The second-order valence-corrected chi connectivity index (χ2v) is 3.95. The second kappa shape index (κ2) is 13.5. The van der Waals surface area contributed by atoms with E-state index in [4.69, 9.17) is 0 Å². The molecular weight excluding hydrogens is 307 g/mol. The van der Waals surface area contributed by atoms with E-state index in [1.165, 1.54) is 6.08 Å². The monoisotopic (exact) mass is 326 g/mol. The van der Waals surface area contributed by atoms with Gasteiger partial charge in [0.1, 0.15) is 0 Å². The number of carbonyl (C=O) groups excluding carboxylic acids is 2. The van der Waals surface area contributed by atoms with Crippen LogP contribution in [-0.4, -0.2) is 30.2 Å². The first-order valence-electron chi connectivity index (χ1n) is 5.43. The minimum atomic E-state index is -0.121. The number of unbranched alkanes of at least 4 members (excludes halogenated alkanes) is 3. The molecule has 0 aromatic heterocycles. The highest BCUT2D eigenvalue weighted by Crippen LogP contribution is 1.97. The van der Waals surface area contributed by atoms with Crippen LogP contribution in [0.1, 0.15) is 25.7 Å². The van der Waals surface area contributed by atoms with Gasteiger partial charge in [-0.15, -0.1) is 12.4 Å². The first-order valence-corrected chi connectivity index (χ1v) is 6.55.